The maximum atomic E-state index is 13.5. The van der Waals surface area contributed by atoms with E-state index in [2.05, 4.69) is 10.6 Å². The quantitative estimate of drug-likeness (QED) is 0.882. The third kappa shape index (κ3) is 2.79. The first-order chi connectivity index (χ1) is 8.59. The van der Waals surface area contributed by atoms with E-state index in [9.17, 15) is 13.6 Å². The lowest BCUT2D eigenvalue weighted by Crippen LogP contribution is -2.44. The molecule has 6 heteroatoms. The average molecular weight is 275 g/mol. The van der Waals surface area contributed by atoms with Gasteiger partial charge in [0.05, 0.1) is 5.02 Å². The first-order valence-electron chi connectivity index (χ1n) is 5.67. The van der Waals surface area contributed by atoms with Crippen LogP contribution >= 0.6 is 11.6 Å². The van der Waals surface area contributed by atoms with Crippen LogP contribution in [0, 0.1) is 5.82 Å². The van der Waals surface area contributed by atoms with E-state index in [4.69, 9.17) is 11.6 Å². The zero-order chi connectivity index (χ0) is 13.1. The second-order valence-electron chi connectivity index (χ2n) is 4.17. The van der Waals surface area contributed by atoms with Crippen LogP contribution in [0.25, 0.3) is 0 Å². The summed E-state index contributed by atoms with van der Waals surface area (Å²) in [4.78, 5) is 11.7. The van der Waals surface area contributed by atoms with Crippen LogP contribution in [0.3, 0.4) is 0 Å². The van der Waals surface area contributed by atoms with Crippen molar-refractivity contribution in [2.45, 2.75) is 25.2 Å². The summed E-state index contributed by atoms with van der Waals surface area (Å²) in [6, 6.07) is 3.71. The van der Waals surface area contributed by atoms with Crippen LogP contribution in [0.1, 0.15) is 12.0 Å². The van der Waals surface area contributed by atoms with Gasteiger partial charge >= 0.3 is 0 Å². The number of benzene rings is 1. The van der Waals surface area contributed by atoms with Crippen LogP contribution in [0.2, 0.25) is 5.02 Å². The Hall–Kier alpha value is -1.20. The molecule has 0 aliphatic carbocycles. The lowest BCUT2D eigenvalue weighted by molar-refractivity contribution is -0.124. The number of hydrogen-bond acceptors (Lipinski definition) is 2. The Morgan fingerprint density at radius 2 is 2.33 bits per heavy atom. The molecule has 1 aromatic rings. The van der Waals surface area contributed by atoms with E-state index in [1.807, 2.05) is 0 Å². The molecule has 0 spiro atoms. The minimum Gasteiger partial charge on any atom is -0.350 e. The lowest BCUT2D eigenvalue weighted by atomic mass is 10.1. The molecule has 18 heavy (non-hydrogen) atoms. The van der Waals surface area contributed by atoms with E-state index in [1.54, 1.807) is 6.07 Å². The summed E-state index contributed by atoms with van der Waals surface area (Å²) in [7, 11) is 0. The van der Waals surface area contributed by atoms with Gasteiger partial charge in [-0.25, -0.2) is 8.78 Å². The normalized spacial score (nSPS) is 23.1. The number of halogens is 3. The number of nitrogens with one attached hydrogen (secondary N) is 2. The Morgan fingerprint density at radius 1 is 1.56 bits per heavy atom. The van der Waals surface area contributed by atoms with Gasteiger partial charge in [0.2, 0.25) is 5.91 Å². The summed E-state index contributed by atoms with van der Waals surface area (Å²) in [6.07, 6.45) is -0.863. The number of alkyl halides is 1. The Bertz CT molecular complexity index is 456. The first-order valence-corrected chi connectivity index (χ1v) is 6.05. The Kier molecular flexibility index (Phi) is 4.14. The van der Waals surface area contributed by atoms with Crippen LogP contribution in [-0.4, -0.2) is 24.7 Å². The molecule has 1 fully saturated rings. The van der Waals surface area contributed by atoms with E-state index in [0.29, 0.717) is 13.0 Å². The summed E-state index contributed by atoms with van der Waals surface area (Å²) < 4.78 is 26.8. The van der Waals surface area contributed by atoms with Crippen LogP contribution in [0.4, 0.5) is 8.78 Å². The zero-order valence-electron chi connectivity index (χ0n) is 9.55. The van der Waals surface area contributed by atoms with Crippen molar-refractivity contribution < 1.29 is 13.6 Å². The summed E-state index contributed by atoms with van der Waals surface area (Å²) in [5, 5.41) is 5.26. The second kappa shape index (κ2) is 5.63. The standard InChI is InChI=1S/C12H13ClF2N2O/c13-8-3-1-2-7(10(8)15)6-17-12(18)11-9(14)4-5-16-11/h1-3,9,11,16H,4-6H2,(H,17,18)/t9?,11-/m0/s1. The summed E-state index contributed by atoms with van der Waals surface area (Å²) in [5.74, 6) is -1.02. The van der Waals surface area contributed by atoms with Crippen LogP contribution in [-0.2, 0) is 11.3 Å². The lowest BCUT2D eigenvalue weighted by Gasteiger charge is -2.13. The molecule has 2 rings (SSSR count). The minimum absolute atomic E-state index is 0.00380. The predicted molar refractivity (Wildman–Crippen MR) is 64.6 cm³/mol. The Balaban J connectivity index is 1.95. The van der Waals surface area contributed by atoms with Crippen molar-refractivity contribution in [2.24, 2.45) is 0 Å². The zero-order valence-corrected chi connectivity index (χ0v) is 10.3. The molecule has 2 atom stereocenters. The van der Waals surface area contributed by atoms with E-state index in [1.165, 1.54) is 12.1 Å². The number of hydrogen-bond donors (Lipinski definition) is 2. The SMILES string of the molecule is O=C(NCc1cccc(Cl)c1F)[C@H]1NCCC1F. The van der Waals surface area contributed by atoms with Crippen LogP contribution in [0.5, 0.6) is 0 Å². The molecule has 0 aromatic heterocycles. The van der Waals surface area contributed by atoms with Crippen LogP contribution in [0.15, 0.2) is 18.2 Å². The number of carbonyl (C=O) groups excluding carboxylic acids is 1. The van der Waals surface area contributed by atoms with Gasteiger partial charge in [0.25, 0.3) is 0 Å². The van der Waals surface area contributed by atoms with Crippen molar-refractivity contribution in [1.82, 2.24) is 10.6 Å². The Morgan fingerprint density at radius 3 is 3.00 bits per heavy atom. The van der Waals surface area contributed by atoms with E-state index < -0.39 is 23.9 Å². The molecule has 1 unspecified atom stereocenters. The molecule has 1 heterocycles. The summed E-state index contributed by atoms with van der Waals surface area (Å²) in [6.45, 7) is 0.473. The smallest absolute Gasteiger partial charge is 0.240 e. The molecular weight excluding hydrogens is 262 g/mol. The highest BCUT2D eigenvalue weighted by Crippen LogP contribution is 2.18. The Labute approximate surface area is 109 Å². The highest BCUT2D eigenvalue weighted by molar-refractivity contribution is 6.30. The molecule has 3 nitrogen and oxygen atoms in total. The molecule has 2 N–H and O–H groups in total. The van der Waals surface area contributed by atoms with Gasteiger partial charge in [0.15, 0.2) is 0 Å². The molecule has 0 saturated carbocycles. The molecule has 1 amide bonds. The fraction of sp³-hybridized carbons (Fsp3) is 0.417. The second-order valence-corrected chi connectivity index (χ2v) is 4.57. The molecule has 1 aliphatic heterocycles. The molecule has 1 aromatic carbocycles. The van der Waals surface area contributed by atoms with E-state index in [0.717, 1.165) is 0 Å². The summed E-state index contributed by atoms with van der Waals surface area (Å²) >= 11 is 5.62. The van der Waals surface area contributed by atoms with Crippen molar-refractivity contribution in [2.75, 3.05) is 6.54 Å². The summed E-state index contributed by atoms with van der Waals surface area (Å²) in [5.41, 5.74) is 0.282. The van der Waals surface area contributed by atoms with Crippen LogP contribution < -0.4 is 10.6 Å². The van der Waals surface area contributed by atoms with Crippen molar-refractivity contribution >= 4 is 17.5 Å². The van der Waals surface area contributed by atoms with Crippen molar-refractivity contribution in [3.05, 3.63) is 34.6 Å². The van der Waals surface area contributed by atoms with Crippen molar-refractivity contribution in [3.63, 3.8) is 0 Å². The molecule has 98 valence electrons. The van der Waals surface area contributed by atoms with Gasteiger partial charge in [-0.15, -0.1) is 0 Å². The van der Waals surface area contributed by atoms with Gasteiger partial charge in [-0.1, -0.05) is 23.7 Å². The minimum atomic E-state index is -1.19. The first kappa shape index (κ1) is 13.2. The van der Waals surface area contributed by atoms with Crippen molar-refractivity contribution in [1.29, 1.82) is 0 Å². The van der Waals surface area contributed by atoms with Gasteiger partial charge in [-0.05, 0) is 19.0 Å². The van der Waals surface area contributed by atoms with Gasteiger partial charge < -0.3 is 10.6 Å². The van der Waals surface area contributed by atoms with Crippen molar-refractivity contribution in [3.8, 4) is 0 Å². The molecule has 1 saturated heterocycles. The monoisotopic (exact) mass is 274 g/mol. The molecular formula is C12H13ClF2N2O. The highest BCUT2D eigenvalue weighted by Gasteiger charge is 2.32. The number of carbonyl (C=O) groups is 1. The van der Waals surface area contributed by atoms with E-state index >= 15 is 0 Å². The van der Waals surface area contributed by atoms with Gasteiger partial charge in [-0.2, -0.15) is 0 Å². The van der Waals surface area contributed by atoms with Gasteiger partial charge in [0.1, 0.15) is 18.0 Å². The fourth-order valence-electron chi connectivity index (χ4n) is 1.91. The predicted octanol–water partition coefficient (Wildman–Crippen LogP) is 1.80. The third-order valence-corrected chi connectivity index (χ3v) is 3.21. The maximum absolute atomic E-state index is 13.5. The number of rotatable bonds is 3. The molecule has 0 radical (unpaired) electrons. The highest BCUT2D eigenvalue weighted by atomic mass is 35.5. The average Bonchev–Trinajstić information content (AvgIpc) is 2.77. The fourth-order valence-corrected chi connectivity index (χ4v) is 2.10. The molecule has 0 bridgehead atoms. The van der Waals surface area contributed by atoms with E-state index in [-0.39, 0.29) is 17.1 Å². The van der Waals surface area contributed by atoms with Gasteiger partial charge in [0, 0.05) is 12.1 Å². The largest absolute Gasteiger partial charge is 0.350 e. The maximum Gasteiger partial charge on any atom is 0.240 e. The van der Waals surface area contributed by atoms with Gasteiger partial charge in [-0.3, -0.25) is 4.79 Å². The third-order valence-electron chi connectivity index (χ3n) is 2.91. The topological polar surface area (TPSA) is 41.1 Å². The molecule has 1 aliphatic rings. The number of amides is 1.